The van der Waals surface area contributed by atoms with Crippen molar-refractivity contribution in [2.45, 2.75) is 25.9 Å². The first kappa shape index (κ1) is 13.1. The third kappa shape index (κ3) is 3.54. The highest BCUT2D eigenvalue weighted by molar-refractivity contribution is 6.31. The van der Waals surface area contributed by atoms with Gasteiger partial charge in [0.25, 0.3) is 0 Å². The normalized spacial score (nSPS) is 12.2. The average Bonchev–Trinajstić information content (AvgIpc) is 2.27. The summed E-state index contributed by atoms with van der Waals surface area (Å²) in [5, 5.41) is 4.11. The molecule has 1 atom stereocenters. The predicted octanol–water partition coefficient (Wildman–Crippen LogP) is 3.40. The van der Waals surface area contributed by atoms with Crippen LogP contribution in [0.4, 0.5) is 0 Å². The fraction of sp³-hybridized carbons (Fsp3) is 0.385. The van der Waals surface area contributed by atoms with Gasteiger partial charge in [-0.05, 0) is 25.5 Å². The molecule has 0 aliphatic carbocycles. The van der Waals surface area contributed by atoms with Gasteiger partial charge in [-0.25, -0.2) is 0 Å². The van der Waals surface area contributed by atoms with Gasteiger partial charge >= 0.3 is 0 Å². The molecule has 0 saturated carbocycles. The van der Waals surface area contributed by atoms with Crippen LogP contribution in [0.2, 0.25) is 5.02 Å². The van der Waals surface area contributed by atoms with Crippen LogP contribution >= 0.6 is 11.6 Å². The van der Waals surface area contributed by atoms with Gasteiger partial charge in [-0.3, -0.25) is 0 Å². The van der Waals surface area contributed by atoms with Crippen LogP contribution in [0.25, 0.3) is 0 Å². The number of benzene rings is 1. The molecule has 0 radical (unpaired) electrons. The Labute approximate surface area is 102 Å². The van der Waals surface area contributed by atoms with Crippen LogP contribution < -0.4 is 10.1 Å². The van der Waals surface area contributed by atoms with E-state index in [1.807, 2.05) is 24.3 Å². The van der Waals surface area contributed by atoms with Crippen molar-refractivity contribution < 1.29 is 4.74 Å². The molecule has 0 spiro atoms. The van der Waals surface area contributed by atoms with E-state index in [0.717, 1.165) is 22.8 Å². The third-order valence-corrected chi connectivity index (χ3v) is 2.80. The smallest absolute Gasteiger partial charge is 0.124 e. The minimum absolute atomic E-state index is 0.387. The van der Waals surface area contributed by atoms with Crippen molar-refractivity contribution in [1.29, 1.82) is 0 Å². The fourth-order valence-corrected chi connectivity index (χ4v) is 1.74. The molecule has 0 saturated heterocycles. The van der Waals surface area contributed by atoms with Crippen molar-refractivity contribution in [3.05, 3.63) is 41.4 Å². The van der Waals surface area contributed by atoms with Gasteiger partial charge in [0, 0.05) is 23.2 Å². The van der Waals surface area contributed by atoms with Gasteiger partial charge in [-0.1, -0.05) is 23.7 Å². The van der Waals surface area contributed by atoms with Crippen molar-refractivity contribution in [3.8, 4) is 5.75 Å². The minimum atomic E-state index is 0.387. The van der Waals surface area contributed by atoms with E-state index < -0.39 is 0 Å². The van der Waals surface area contributed by atoms with Crippen LogP contribution in [-0.4, -0.2) is 13.2 Å². The Morgan fingerprint density at radius 1 is 1.56 bits per heavy atom. The number of nitrogens with one attached hydrogen (secondary N) is 1. The summed E-state index contributed by atoms with van der Waals surface area (Å²) in [5.41, 5.74) is 1.00. The molecular formula is C13H18ClNO. The van der Waals surface area contributed by atoms with Crippen molar-refractivity contribution >= 4 is 11.6 Å². The highest BCUT2D eigenvalue weighted by atomic mass is 35.5. The summed E-state index contributed by atoms with van der Waals surface area (Å²) in [6.07, 6.45) is 2.84. The molecule has 0 aliphatic heterocycles. The van der Waals surface area contributed by atoms with Crippen LogP contribution in [0.5, 0.6) is 5.75 Å². The first-order valence-electron chi connectivity index (χ1n) is 5.34. The molecule has 0 aliphatic rings. The van der Waals surface area contributed by atoms with Gasteiger partial charge in [0.05, 0.1) is 7.11 Å². The number of rotatable bonds is 6. The Hall–Kier alpha value is -0.990. The van der Waals surface area contributed by atoms with E-state index in [1.54, 1.807) is 7.11 Å². The number of hydrogen-bond donors (Lipinski definition) is 1. The SMILES string of the molecule is C=CCC(C)NCc1c(Cl)cccc1OC. The lowest BCUT2D eigenvalue weighted by Crippen LogP contribution is -2.25. The molecule has 0 bridgehead atoms. The molecular weight excluding hydrogens is 222 g/mol. The summed E-state index contributed by atoms with van der Waals surface area (Å²) in [6.45, 7) is 6.54. The Kier molecular flexibility index (Phi) is 5.36. The van der Waals surface area contributed by atoms with E-state index in [1.165, 1.54) is 0 Å². The maximum absolute atomic E-state index is 6.13. The van der Waals surface area contributed by atoms with Crippen LogP contribution in [0.3, 0.4) is 0 Å². The average molecular weight is 240 g/mol. The number of hydrogen-bond acceptors (Lipinski definition) is 2. The molecule has 3 heteroatoms. The standard InChI is InChI=1S/C13H18ClNO/c1-4-6-10(2)15-9-11-12(14)7-5-8-13(11)16-3/h4-5,7-8,10,15H,1,6,9H2,2-3H3. The molecule has 0 fully saturated rings. The lowest BCUT2D eigenvalue weighted by atomic mass is 10.1. The highest BCUT2D eigenvalue weighted by Crippen LogP contribution is 2.25. The molecule has 0 heterocycles. The molecule has 1 N–H and O–H groups in total. The van der Waals surface area contributed by atoms with E-state index in [0.29, 0.717) is 12.6 Å². The Morgan fingerprint density at radius 3 is 2.94 bits per heavy atom. The van der Waals surface area contributed by atoms with Crippen LogP contribution in [0.15, 0.2) is 30.9 Å². The summed E-state index contributed by atoms with van der Waals surface area (Å²) < 4.78 is 5.27. The lowest BCUT2D eigenvalue weighted by molar-refractivity contribution is 0.406. The topological polar surface area (TPSA) is 21.3 Å². The largest absolute Gasteiger partial charge is 0.496 e. The molecule has 1 aromatic carbocycles. The summed E-state index contributed by atoms with van der Waals surface area (Å²) in [6, 6.07) is 6.07. The van der Waals surface area contributed by atoms with Gasteiger partial charge in [-0.15, -0.1) is 6.58 Å². The quantitative estimate of drug-likeness (QED) is 0.769. The Bertz CT molecular complexity index is 352. The summed E-state index contributed by atoms with van der Waals surface area (Å²) in [7, 11) is 1.66. The number of ether oxygens (including phenoxy) is 1. The fourth-order valence-electron chi connectivity index (χ4n) is 1.51. The van der Waals surface area contributed by atoms with Crippen molar-refractivity contribution in [1.82, 2.24) is 5.32 Å². The zero-order chi connectivity index (χ0) is 12.0. The molecule has 0 amide bonds. The molecule has 1 rings (SSSR count). The Morgan fingerprint density at radius 2 is 2.31 bits per heavy atom. The third-order valence-electron chi connectivity index (χ3n) is 2.44. The van der Waals surface area contributed by atoms with E-state index >= 15 is 0 Å². The molecule has 1 unspecified atom stereocenters. The van der Waals surface area contributed by atoms with Crippen molar-refractivity contribution in [2.24, 2.45) is 0 Å². The summed E-state index contributed by atoms with van der Waals surface area (Å²) in [5.74, 6) is 0.825. The van der Waals surface area contributed by atoms with Gasteiger partial charge in [-0.2, -0.15) is 0 Å². The van der Waals surface area contributed by atoms with E-state index in [-0.39, 0.29) is 0 Å². The van der Waals surface area contributed by atoms with E-state index in [4.69, 9.17) is 16.3 Å². The second-order valence-corrected chi connectivity index (χ2v) is 4.13. The van der Waals surface area contributed by atoms with E-state index in [9.17, 15) is 0 Å². The van der Waals surface area contributed by atoms with Crippen molar-refractivity contribution in [2.75, 3.05) is 7.11 Å². The zero-order valence-electron chi connectivity index (χ0n) is 9.79. The summed E-state index contributed by atoms with van der Waals surface area (Å²) >= 11 is 6.13. The second kappa shape index (κ2) is 6.56. The predicted molar refractivity (Wildman–Crippen MR) is 69.1 cm³/mol. The number of methoxy groups -OCH3 is 1. The molecule has 2 nitrogen and oxygen atoms in total. The maximum atomic E-state index is 6.13. The highest BCUT2D eigenvalue weighted by Gasteiger charge is 2.08. The van der Waals surface area contributed by atoms with E-state index in [2.05, 4.69) is 18.8 Å². The second-order valence-electron chi connectivity index (χ2n) is 3.73. The van der Waals surface area contributed by atoms with Gasteiger partial charge in [0.15, 0.2) is 0 Å². The van der Waals surface area contributed by atoms with Crippen LogP contribution in [0, 0.1) is 0 Å². The first-order chi connectivity index (χ1) is 7.69. The molecule has 88 valence electrons. The van der Waals surface area contributed by atoms with Gasteiger partial charge < -0.3 is 10.1 Å². The van der Waals surface area contributed by atoms with Gasteiger partial charge in [0.2, 0.25) is 0 Å². The molecule has 0 aromatic heterocycles. The first-order valence-corrected chi connectivity index (χ1v) is 5.72. The number of halogens is 1. The molecule has 16 heavy (non-hydrogen) atoms. The van der Waals surface area contributed by atoms with Crippen LogP contribution in [0.1, 0.15) is 18.9 Å². The summed E-state index contributed by atoms with van der Waals surface area (Å²) in [4.78, 5) is 0. The monoisotopic (exact) mass is 239 g/mol. The van der Waals surface area contributed by atoms with Crippen LogP contribution in [-0.2, 0) is 6.54 Å². The zero-order valence-corrected chi connectivity index (χ0v) is 10.6. The Balaban J connectivity index is 2.68. The lowest BCUT2D eigenvalue weighted by Gasteiger charge is -2.14. The maximum Gasteiger partial charge on any atom is 0.124 e. The molecule has 1 aromatic rings. The van der Waals surface area contributed by atoms with Gasteiger partial charge in [0.1, 0.15) is 5.75 Å². The van der Waals surface area contributed by atoms with Crippen molar-refractivity contribution in [3.63, 3.8) is 0 Å². The minimum Gasteiger partial charge on any atom is -0.496 e.